The lowest BCUT2D eigenvalue weighted by atomic mass is 10.2. The van der Waals surface area contributed by atoms with Gasteiger partial charge in [-0.05, 0) is 17.9 Å². The second-order valence-corrected chi connectivity index (χ2v) is 4.85. The van der Waals surface area contributed by atoms with Gasteiger partial charge < -0.3 is 5.73 Å². The lowest BCUT2D eigenvalue weighted by Gasteiger charge is -2.11. The van der Waals surface area contributed by atoms with Gasteiger partial charge in [-0.3, -0.25) is 0 Å². The second kappa shape index (κ2) is 4.95. The Hall–Kier alpha value is -0.910. The summed E-state index contributed by atoms with van der Waals surface area (Å²) in [5, 5.41) is 10.6. The third kappa shape index (κ3) is 2.11. The van der Waals surface area contributed by atoms with E-state index in [2.05, 4.69) is 17.2 Å². The average Bonchev–Trinajstić information content (AvgIpc) is 2.87. The maximum Gasteiger partial charge on any atom is 0.0848 e. The van der Waals surface area contributed by atoms with Gasteiger partial charge in [0.25, 0.3) is 0 Å². The summed E-state index contributed by atoms with van der Waals surface area (Å²) in [6, 6.07) is 1.61. The molecule has 0 aliphatic carbocycles. The molecule has 0 fully saturated rings. The number of hydrogen-bond donors (Lipinski definition) is 1. The first kappa shape index (κ1) is 11.6. The highest BCUT2D eigenvalue weighted by molar-refractivity contribution is 7.10. The third-order valence-corrected chi connectivity index (χ3v) is 3.77. The van der Waals surface area contributed by atoms with Crippen LogP contribution >= 0.6 is 22.9 Å². The van der Waals surface area contributed by atoms with E-state index in [1.807, 2.05) is 16.1 Å². The van der Waals surface area contributed by atoms with E-state index in [-0.39, 0.29) is 6.04 Å². The van der Waals surface area contributed by atoms with Crippen molar-refractivity contribution in [3.8, 4) is 0 Å². The smallest absolute Gasteiger partial charge is 0.0848 e. The summed E-state index contributed by atoms with van der Waals surface area (Å²) in [4.78, 5) is 0.960. The number of hydrogen-bond acceptors (Lipinski definition) is 4. The molecule has 0 aliphatic rings. The van der Waals surface area contributed by atoms with Crippen molar-refractivity contribution >= 4 is 22.9 Å². The number of nitrogens with zero attached hydrogens (tertiary/aromatic N) is 3. The fraction of sp³-hybridized carbons (Fsp3) is 0.400. The van der Waals surface area contributed by atoms with Crippen molar-refractivity contribution in [2.45, 2.75) is 25.9 Å². The largest absolute Gasteiger partial charge is 0.318 e. The van der Waals surface area contributed by atoms with Gasteiger partial charge >= 0.3 is 0 Å². The molecular weight excluding hydrogens is 244 g/mol. The van der Waals surface area contributed by atoms with E-state index in [4.69, 9.17) is 17.3 Å². The molecule has 6 heteroatoms. The molecule has 86 valence electrons. The highest BCUT2D eigenvalue weighted by Crippen LogP contribution is 2.30. The fourth-order valence-corrected chi connectivity index (χ4v) is 2.74. The highest BCUT2D eigenvalue weighted by Gasteiger charge is 2.18. The summed E-state index contributed by atoms with van der Waals surface area (Å²) >= 11 is 7.62. The molecule has 0 amide bonds. The predicted molar refractivity (Wildman–Crippen MR) is 65.7 cm³/mol. The summed E-state index contributed by atoms with van der Waals surface area (Å²) in [5.41, 5.74) is 7.07. The number of aromatic nitrogens is 3. The minimum Gasteiger partial charge on any atom is -0.318 e. The van der Waals surface area contributed by atoms with E-state index in [1.165, 1.54) is 0 Å². The number of halogens is 1. The number of rotatable bonds is 4. The Balaban J connectivity index is 2.30. The molecule has 1 atom stereocenters. The van der Waals surface area contributed by atoms with Crippen LogP contribution in [-0.2, 0) is 6.54 Å². The van der Waals surface area contributed by atoms with Gasteiger partial charge in [-0.25, -0.2) is 4.68 Å². The molecule has 0 saturated carbocycles. The van der Waals surface area contributed by atoms with Gasteiger partial charge in [-0.15, -0.1) is 16.4 Å². The molecular formula is C10H13ClN4S. The lowest BCUT2D eigenvalue weighted by Crippen LogP contribution is -2.16. The van der Waals surface area contributed by atoms with Crippen molar-refractivity contribution in [2.24, 2.45) is 5.73 Å². The maximum absolute atomic E-state index is 6.16. The number of aryl methyl sites for hydroxylation is 1. The Morgan fingerprint density at radius 3 is 3.06 bits per heavy atom. The van der Waals surface area contributed by atoms with Gasteiger partial charge in [0.1, 0.15) is 0 Å². The van der Waals surface area contributed by atoms with Gasteiger partial charge in [0.05, 0.1) is 23.0 Å². The van der Waals surface area contributed by atoms with Crippen LogP contribution in [0.2, 0.25) is 5.02 Å². The Morgan fingerprint density at radius 2 is 2.44 bits per heavy atom. The van der Waals surface area contributed by atoms with Crippen LogP contribution in [0.4, 0.5) is 0 Å². The third-order valence-electron chi connectivity index (χ3n) is 2.33. The van der Waals surface area contributed by atoms with Crippen molar-refractivity contribution in [1.29, 1.82) is 0 Å². The molecule has 2 aromatic rings. The number of thiophene rings is 1. The van der Waals surface area contributed by atoms with Crippen LogP contribution in [0.15, 0.2) is 17.6 Å². The first-order valence-electron chi connectivity index (χ1n) is 5.11. The second-order valence-electron chi connectivity index (χ2n) is 3.49. The van der Waals surface area contributed by atoms with Crippen LogP contribution < -0.4 is 5.73 Å². The zero-order chi connectivity index (χ0) is 11.5. The Labute approximate surface area is 103 Å². The van der Waals surface area contributed by atoms with E-state index >= 15 is 0 Å². The molecule has 2 rings (SSSR count). The Morgan fingerprint density at radius 1 is 1.62 bits per heavy atom. The van der Waals surface area contributed by atoms with Crippen molar-refractivity contribution in [3.63, 3.8) is 0 Å². The highest BCUT2D eigenvalue weighted by atomic mass is 35.5. The summed E-state index contributed by atoms with van der Waals surface area (Å²) in [6.07, 6.45) is 2.71. The van der Waals surface area contributed by atoms with Crippen molar-refractivity contribution in [2.75, 3.05) is 0 Å². The molecule has 0 bridgehead atoms. The topological polar surface area (TPSA) is 56.7 Å². The van der Waals surface area contributed by atoms with Crippen LogP contribution in [0, 0.1) is 0 Å². The first-order chi connectivity index (χ1) is 7.74. The summed E-state index contributed by atoms with van der Waals surface area (Å²) in [7, 11) is 0. The van der Waals surface area contributed by atoms with Crippen LogP contribution in [-0.4, -0.2) is 15.0 Å². The van der Waals surface area contributed by atoms with E-state index < -0.39 is 0 Å². The lowest BCUT2D eigenvalue weighted by molar-refractivity contribution is 0.545. The van der Waals surface area contributed by atoms with Crippen molar-refractivity contribution in [1.82, 2.24) is 15.0 Å². The number of nitrogens with two attached hydrogens (primary N) is 1. The van der Waals surface area contributed by atoms with Gasteiger partial charge in [-0.2, -0.15) is 0 Å². The van der Waals surface area contributed by atoms with Crippen LogP contribution in [0.5, 0.6) is 0 Å². The van der Waals surface area contributed by atoms with Gasteiger partial charge in [0.2, 0.25) is 0 Å². The van der Waals surface area contributed by atoms with Gasteiger partial charge in [0.15, 0.2) is 0 Å². The van der Waals surface area contributed by atoms with Crippen LogP contribution in [0.1, 0.15) is 30.0 Å². The fourth-order valence-electron chi connectivity index (χ4n) is 1.55. The normalized spacial score (nSPS) is 12.9. The van der Waals surface area contributed by atoms with E-state index in [1.54, 1.807) is 17.5 Å². The predicted octanol–water partition coefficient (Wildman–Crippen LogP) is 2.45. The molecule has 4 nitrogen and oxygen atoms in total. The van der Waals surface area contributed by atoms with Gasteiger partial charge in [0, 0.05) is 11.4 Å². The SMILES string of the molecule is CCCn1nncc1C(N)c1sccc1Cl. The molecule has 0 spiro atoms. The first-order valence-corrected chi connectivity index (χ1v) is 6.36. The van der Waals surface area contributed by atoms with Crippen molar-refractivity contribution in [3.05, 3.63) is 33.2 Å². The summed E-state index contributed by atoms with van der Waals surface area (Å²) in [6.45, 7) is 2.92. The summed E-state index contributed by atoms with van der Waals surface area (Å²) in [5.74, 6) is 0. The van der Waals surface area contributed by atoms with Crippen LogP contribution in [0.25, 0.3) is 0 Å². The van der Waals surface area contributed by atoms with E-state index in [0.717, 1.165) is 23.5 Å². The van der Waals surface area contributed by atoms with E-state index in [9.17, 15) is 0 Å². The monoisotopic (exact) mass is 256 g/mol. The molecule has 16 heavy (non-hydrogen) atoms. The minimum absolute atomic E-state index is 0.242. The molecule has 2 heterocycles. The Bertz CT molecular complexity index is 465. The van der Waals surface area contributed by atoms with Gasteiger partial charge in [-0.1, -0.05) is 23.7 Å². The average molecular weight is 257 g/mol. The zero-order valence-corrected chi connectivity index (χ0v) is 10.5. The molecule has 0 aliphatic heterocycles. The molecule has 0 aromatic carbocycles. The van der Waals surface area contributed by atoms with Crippen molar-refractivity contribution < 1.29 is 0 Å². The maximum atomic E-state index is 6.16. The standard InChI is InChI=1S/C10H13ClN4S/c1-2-4-15-8(6-13-14-15)9(12)10-7(11)3-5-16-10/h3,5-6,9H,2,4,12H2,1H3. The Kier molecular flexibility index (Phi) is 3.58. The zero-order valence-electron chi connectivity index (χ0n) is 8.93. The molecule has 0 saturated heterocycles. The molecule has 0 radical (unpaired) electrons. The minimum atomic E-state index is -0.242. The summed E-state index contributed by atoms with van der Waals surface area (Å²) < 4.78 is 1.83. The molecule has 1 unspecified atom stereocenters. The molecule has 2 N–H and O–H groups in total. The quantitative estimate of drug-likeness (QED) is 0.914. The van der Waals surface area contributed by atoms with Crippen LogP contribution in [0.3, 0.4) is 0 Å². The molecule has 2 aromatic heterocycles. The van der Waals surface area contributed by atoms with E-state index in [0.29, 0.717) is 5.02 Å².